The normalized spacial score (nSPS) is 12.8. The van der Waals surface area contributed by atoms with Crippen LogP contribution in [0.15, 0.2) is 0 Å². The zero-order valence-corrected chi connectivity index (χ0v) is 7.65. The van der Waals surface area contributed by atoms with Crippen LogP contribution in [0.25, 0.3) is 0 Å². The van der Waals surface area contributed by atoms with Crippen molar-refractivity contribution in [3.05, 3.63) is 0 Å². The molecule has 1 nitrogen and oxygen atoms in total. The predicted molar refractivity (Wildman–Crippen MR) is 41.9 cm³/mol. The molecule has 0 radical (unpaired) electrons. The molecule has 0 heterocycles. The van der Waals surface area contributed by atoms with E-state index in [9.17, 15) is 0 Å². The van der Waals surface area contributed by atoms with Crippen molar-refractivity contribution in [3.63, 3.8) is 0 Å². The van der Waals surface area contributed by atoms with Gasteiger partial charge in [0.05, 0.1) is 8.07 Å². The summed E-state index contributed by atoms with van der Waals surface area (Å²) in [6.07, 6.45) is 1.30. The fraction of sp³-hybridized carbons (Fsp3) is 1.00. The molecule has 0 saturated carbocycles. The second-order valence-electron chi connectivity index (χ2n) is 3.80. The van der Waals surface area contributed by atoms with Gasteiger partial charge in [-0.1, -0.05) is 19.6 Å². The SMILES string of the molecule is CN(C)C[Si](C)(C)C. The summed E-state index contributed by atoms with van der Waals surface area (Å²) in [6.45, 7) is 7.15. The Morgan fingerprint density at radius 1 is 1.12 bits per heavy atom. The molecule has 50 valence electrons. The van der Waals surface area contributed by atoms with E-state index >= 15 is 0 Å². The molecule has 0 aromatic carbocycles. The van der Waals surface area contributed by atoms with Crippen LogP contribution in [0.5, 0.6) is 0 Å². The Morgan fingerprint density at radius 3 is 1.50 bits per heavy atom. The Morgan fingerprint density at radius 2 is 1.50 bits per heavy atom. The molecule has 0 aliphatic carbocycles. The Hall–Kier alpha value is 0.177. The van der Waals surface area contributed by atoms with Gasteiger partial charge in [-0.25, -0.2) is 0 Å². The first-order valence-electron chi connectivity index (χ1n) is 3.06. The Kier molecular flexibility index (Phi) is 2.70. The van der Waals surface area contributed by atoms with Gasteiger partial charge in [0.25, 0.3) is 0 Å². The van der Waals surface area contributed by atoms with Gasteiger partial charge in [-0.05, 0) is 20.3 Å². The lowest BCUT2D eigenvalue weighted by Crippen LogP contribution is -2.35. The summed E-state index contributed by atoms with van der Waals surface area (Å²) in [5.74, 6) is 0. The van der Waals surface area contributed by atoms with Gasteiger partial charge >= 0.3 is 0 Å². The predicted octanol–water partition coefficient (Wildman–Crippen LogP) is 1.43. The third-order valence-corrected chi connectivity index (χ3v) is 2.37. The van der Waals surface area contributed by atoms with Gasteiger partial charge < -0.3 is 4.90 Å². The van der Waals surface area contributed by atoms with E-state index in [1.807, 2.05) is 0 Å². The van der Waals surface area contributed by atoms with Crippen LogP contribution < -0.4 is 0 Å². The molecule has 0 aliphatic heterocycles. The molecule has 0 spiro atoms. The minimum Gasteiger partial charge on any atom is -0.312 e. The second kappa shape index (κ2) is 2.64. The van der Waals surface area contributed by atoms with E-state index in [-0.39, 0.29) is 0 Å². The average molecular weight is 131 g/mol. The van der Waals surface area contributed by atoms with Gasteiger partial charge in [0.1, 0.15) is 0 Å². The Bertz CT molecular complexity index is 63.4. The molecule has 0 unspecified atom stereocenters. The van der Waals surface area contributed by atoms with Crippen molar-refractivity contribution in [2.75, 3.05) is 20.3 Å². The van der Waals surface area contributed by atoms with Gasteiger partial charge in [0.2, 0.25) is 0 Å². The highest BCUT2D eigenvalue weighted by atomic mass is 28.3. The highest BCUT2D eigenvalue weighted by molar-refractivity contribution is 6.76. The van der Waals surface area contributed by atoms with E-state index < -0.39 is 8.07 Å². The summed E-state index contributed by atoms with van der Waals surface area (Å²) in [5, 5.41) is 0. The van der Waals surface area contributed by atoms with E-state index in [2.05, 4.69) is 38.6 Å². The quantitative estimate of drug-likeness (QED) is 0.512. The molecule has 0 aromatic rings. The van der Waals surface area contributed by atoms with Crippen molar-refractivity contribution in [2.24, 2.45) is 0 Å². The van der Waals surface area contributed by atoms with Crippen molar-refractivity contribution >= 4 is 8.07 Å². The first kappa shape index (κ1) is 8.18. The van der Waals surface area contributed by atoms with E-state index in [4.69, 9.17) is 0 Å². The van der Waals surface area contributed by atoms with Gasteiger partial charge in [0.15, 0.2) is 0 Å². The van der Waals surface area contributed by atoms with Crippen LogP contribution in [-0.4, -0.2) is 33.2 Å². The van der Waals surface area contributed by atoms with Crippen molar-refractivity contribution in [3.8, 4) is 0 Å². The first-order chi connectivity index (χ1) is 3.42. The van der Waals surface area contributed by atoms with Crippen LogP contribution in [0.3, 0.4) is 0 Å². The van der Waals surface area contributed by atoms with E-state index in [0.29, 0.717) is 0 Å². The highest BCUT2D eigenvalue weighted by Crippen LogP contribution is 1.99. The minimum absolute atomic E-state index is 0.794. The smallest absolute Gasteiger partial charge is 0.0599 e. The lowest BCUT2D eigenvalue weighted by atomic mass is 11.0. The molecule has 0 rings (SSSR count). The van der Waals surface area contributed by atoms with Crippen molar-refractivity contribution in [2.45, 2.75) is 19.6 Å². The number of hydrogen-bond donors (Lipinski definition) is 0. The molecule has 0 aliphatic rings. The zero-order chi connectivity index (χ0) is 6.78. The third kappa shape index (κ3) is 6.18. The monoisotopic (exact) mass is 131 g/mol. The molecule has 0 amide bonds. The second-order valence-corrected chi connectivity index (χ2v) is 9.24. The highest BCUT2D eigenvalue weighted by Gasteiger charge is 2.12. The largest absolute Gasteiger partial charge is 0.312 e. The van der Waals surface area contributed by atoms with Gasteiger partial charge in [-0.15, -0.1) is 0 Å². The summed E-state index contributed by atoms with van der Waals surface area (Å²) in [6, 6.07) is 0. The molecule has 0 N–H and O–H groups in total. The van der Waals surface area contributed by atoms with Crippen LogP contribution in [0, 0.1) is 0 Å². The average Bonchev–Trinajstić information content (AvgIpc) is 1.21. The van der Waals surface area contributed by atoms with Crippen molar-refractivity contribution in [1.82, 2.24) is 4.90 Å². The lowest BCUT2D eigenvalue weighted by molar-refractivity contribution is 0.471. The van der Waals surface area contributed by atoms with Gasteiger partial charge in [-0.3, -0.25) is 0 Å². The van der Waals surface area contributed by atoms with Crippen LogP contribution >= 0.6 is 0 Å². The molecule has 0 saturated heterocycles. The molecule has 0 aromatic heterocycles. The van der Waals surface area contributed by atoms with Crippen LogP contribution in [0.2, 0.25) is 19.6 Å². The summed E-state index contributed by atoms with van der Waals surface area (Å²) in [4.78, 5) is 2.27. The Labute approximate surface area is 53.7 Å². The van der Waals surface area contributed by atoms with E-state index in [0.717, 1.165) is 0 Å². The summed E-state index contributed by atoms with van der Waals surface area (Å²) in [7, 11) is 3.48. The van der Waals surface area contributed by atoms with Crippen LogP contribution in [-0.2, 0) is 0 Å². The number of rotatable bonds is 2. The maximum absolute atomic E-state index is 2.38. The number of hydrogen-bond acceptors (Lipinski definition) is 1. The molecule has 0 fully saturated rings. The maximum Gasteiger partial charge on any atom is 0.0599 e. The molecule has 0 atom stereocenters. The Balaban J connectivity index is 3.39. The molecule has 0 bridgehead atoms. The van der Waals surface area contributed by atoms with Crippen molar-refractivity contribution in [1.29, 1.82) is 0 Å². The first-order valence-corrected chi connectivity index (χ1v) is 6.77. The zero-order valence-electron chi connectivity index (χ0n) is 6.65. The fourth-order valence-corrected chi connectivity index (χ4v) is 2.85. The summed E-state index contributed by atoms with van der Waals surface area (Å²) < 4.78 is 0. The topological polar surface area (TPSA) is 3.24 Å². The van der Waals surface area contributed by atoms with Crippen LogP contribution in [0.4, 0.5) is 0 Å². The molecular weight excluding hydrogens is 114 g/mol. The van der Waals surface area contributed by atoms with E-state index in [1.165, 1.54) is 6.17 Å². The standard InChI is InChI=1S/C6H17NSi/c1-7(2)6-8(3,4)5/h6H2,1-5H3. The summed E-state index contributed by atoms with van der Waals surface area (Å²) in [5.41, 5.74) is 0. The molecule has 8 heavy (non-hydrogen) atoms. The van der Waals surface area contributed by atoms with Gasteiger partial charge in [-0.2, -0.15) is 0 Å². The molecular formula is C6H17NSi. The van der Waals surface area contributed by atoms with Crippen LogP contribution in [0.1, 0.15) is 0 Å². The van der Waals surface area contributed by atoms with Gasteiger partial charge in [0, 0.05) is 0 Å². The van der Waals surface area contributed by atoms with E-state index in [1.54, 1.807) is 0 Å². The fourth-order valence-electron chi connectivity index (χ4n) is 0.949. The molecule has 2 heteroatoms. The van der Waals surface area contributed by atoms with Crippen molar-refractivity contribution < 1.29 is 0 Å². The third-order valence-electron chi connectivity index (χ3n) is 0.791. The lowest BCUT2D eigenvalue weighted by Gasteiger charge is -2.20. The minimum atomic E-state index is -0.794. The summed E-state index contributed by atoms with van der Waals surface area (Å²) >= 11 is 0. The number of nitrogens with zero attached hydrogens (tertiary/aromatic N) is 1. The maximum atomic E-state index is 2.38.